The van der Waals surface area contributed by atoms with Gasteiger partial charge in [-0.1, -0.05) is 38.5 Å². The van der Waals surface area contributed by atoms with E-state index in [0.29, 0.717) is 5.92 Å². The maximum Gasteiger partial charge on any atom is 0.0703 e. The van der Waals surface area contributed by atoms with Gasteiger partial charge in [0.25, 0.3) is 0 Å². The summed E-state index contributed by atoms with van der Waals surface area (Å²) in [7, 11) is 0. The van der Waals surface area contributed by atoms with Crippen molar-refractivity contribution in [1.29, 1.82) is 0 Å². The molecule has 0 radical (unpaired) electrons. The number of para-hydroxylation sites is 1. The molecule has 0 aliphatic rings. The summed E-state index contributed by atoms with van der Waals surface area (Å²) in [5.41, 5.74) is 2.17. The summed E-state index contributed by atoms with van der Waals surface area (Å²) in [4.78, 5) is 4.44. The average Bonchev–Trinajstić information content (AvgIpc) is 2.36. The average molecular weight is 228 g/mol. The Bertz CT molecular complexity index is 479. The largest absolute Gasteiger partial charge is 0.384 e. The number of benzene rings is 1. The third kappa shape index (κ3) is 3.19. The summed E-state index contributed by atoms with van der Waals surface area (Å²) >= 11 is 0. The zero-order valence-electron chi connectivity index (χ0n) is 10.6. The van der Waals surface area contributed by atoms with E-state index < -0.39 is 0 Å². The fourth-order valence-electron chi connectivity index (χ4n) is 2.05. The quantitative estimate of drug-likeness (QED) is 0.834. The van der Waals surface area contributed by atoms with Crippen molar-refractivity contribution in [3.8, 4) is 0 Å². The van der Waals surface area contributed by atoms with Crippen LogP contribution in [0.2, 0.25) is 0 Å². The molecule has 0 saturated carbocycles. The van der Waals surface area contributed by atoms with E-state index in [9.17, 15) is 0 Å². The maximum atomic E-state index is 4.44. The van der Waals surface area contributed by atoms with E-state index in [-0.39, 0.29) is 0 Å². The van der Waals surface area contributed by atoms with E-state index in [1.54, 1.807) is 0 Å². The molecule has 0 spiro atoms. The molecule has 0 amide bonds. The number of hydrogen-bond donors (Lipinski definition) is 1. The van der Waals surface area contributed by atoms with Crippen molar-refractivity contribution in [3.63, 3.8) is 0 Å². The number of aromatic nitrogens is 1. The van der Waals surface area contributed by atoms with Crippen molar-refractivity contribution in [3.05, 3.63) is 36.5 Å². The van der Waals surface area contributed by atoms with E-state index in [4.69, 9.17) is 0 Å². The highest BCUT2D eigenvalue weighted by atomic mass is 14.9. The Morgan fingerprint density at radius 2 is 2.12 bits per heavy atom. The Morgan fingerprint density at radius 3 is 2.94 bits per heavy atom. The van der Waals surface area contributed by atoms with Gasteiger partial charge in [-0.25, -0.2) is 0 Å². The van der Waals surface area contributed by atoms with Crippen molar-refractivity contribution in [2.75, 3.05) is 11.9 Å². The predicted octanol–water partition coefficient (Wildman–Crippen LogP) is 4.08. The van der Waals surface area contributed by atoms with Crippen LogP contribution in [0.15, 0.2) is 36.5 Å². The smallest absolute Gasteiger partial charge is 0.0703 e. The zero-order chi connectivity index (χ0) is 12.1. The van der Waals surface area contributed by atoms with E-state index in [1.165, 1.54) is 18.2 Å². The van der Waals surface area contributed by atoms with Gasteiger partial charge in [-0.3, -0.25) is 4.98 Å². The first-order valence-electron chi connectivity index (χ1n) is 6.38. The van der Waals surface area contributed by atoms with Crippen LogP contribution in [0.3, 0.4) is 0 Å². The molecule has 2 nitrogen and oxygen atoms in total. The second-order valence-corrected chi connectivity index (χ2v) is 4.69. The molecular formula is C15H20N2. The highest BCUT2D eigenvalue weighted by Gasteiger charge is 2.01. The number of nitrogens with one attached hydrogen (secondary N) is 1. The monoisotopic (exact) mass is 228 g/mol. The molecule has 1 unspecified atom stereocenters. The molecule has 1 heterocycles. The van der Waals surface area contributed by atoms with Crippen LogP contribution in [0, 0.1) is 5.92 Å². The van der Waals surface area contributed by atoms with E-state index in [2.05, 4.69) is 36.3 Å². The number of pyridine rings is 1. The van der Waals surface area contributed by atoms with Gasteiger partial charge in [-0.05, 0) is 24.5 Å². The van der Waals surface area contributed by atoms with E-state index in [1.807, 2.05) is 24.4 Å². The van der Waals surface area contributed by atoms with E-state index >= 15 is 0 Å². The van der Waals surface area contributed by atoms with E-state index in [0.717, 1.165) is 17.7 Å². The fraction of sp³-hybridized carbons (Fsp3) is 0.400. The summed E-state index contributed by atoms with van der Waals surface area (Å²) in [5, 5.41) is 4.65. The molecule has 90 valence electrons. The first-order valence-corrected chi connectivity index (χ1v) is 6.38. The van der Waals surface area contributed by atoms with Crippen LogP contribution in [0.25, 0.3) is 10.9 Å². The molecule has 1 N–H and O–H groups in total. The lowest BCUT2D eigenvalue weighted by Crippen LogP contribution is -2.11. The second-order valence-electron chi connectivity index (χ2n) is 4.69. The van der Waals surface area contributed by atoms with Crippen molar-refractivity contribution >= 4 is 16.6 Å². The molecule has 0 fully saturated rings. The third-order valence-corrected chi connectivity index (χ3v) is 3.03. The molecule has 0 bridgehead atoms. The Kier molecular flexibility index (Phi) is 3.97. The third-order valence-electron chi connectivity index (χ3n) is 3.03. The summed E-state index contributed by atoms with van der Waals surface area (Å²) in [6.45, 7) is 5.53. The summed E-state index contributed by atoms with van der Waals surface area (Å²) in [6.07, 6.45) is 4.44. The maximum absolute atomic E-state index is 4.44. The number of nitrogens with zero attached hydrogens (tertiary/aromatic N) is 1. The minimum Gasteiger partial charge on any atom is -0.384 e. The lowest BCUT2D eigenvalue weighted by Gasteiger charge is -2.12. The Hall–Kier alpha value is -1.57. The highest BCUT2D eigenvalue weighted by Crippen LogP contribution is 2.16. The van der Waals surface area contributed by atoms with Gasteiger partial charge in [0.1, 0.15) is 0 Å². The SMILES string of the molecule is CCCC(C)CNc1cnc2ccccc2c1. The van der Waals surface area contributed by atoms with Gasteiger partial charge in [0.2, 0.25) is 0 Å². The molecule has 17 heavy (non-hydrogen) atoms. The van der Waals surface area contributed by atoms with Crippen LogP contribution < -0.4 is 5.32 Å². The van der Waals surface area contributed by atoms with Gasteiger partial charge in [-0.15, -0.1) is 0 Å². The van der Waals surface area contributed by atoms with Crippen LogP contribution in [-0.4, -0.2) is 11.5 Å². The van der Waals surface area contributed by atoms with Crippen LogP contribution >= 0.6 is 0 Å². The summed E-state index contributed by atoms with van der Waals surface area (Å²) in [5.74, 6) is 0.714. The normalized spacial score (nSPS) is 12.6. The molecule has 1 aromatic carbocycles. The first-order chi connectivity index (χ1) is 8.29. The van der Waals surface area contributed by atoms with Gasteiger partial charge in [0.05, 0.1) is 17.4 Å². The minimum atomic E-state index is 0.714. The minimum absolute atomic E-state index is 0.714. The molecule has 2 aromatic rings. The predicted molar refractivity (Wildman–Crippen MR) is 74.3 cm³/mol. The van der Waals surface area contributed by atoms with Crippen LogP contribution in [0.1, 0.15) is 26.7 Å². The molecular weight excluding hydrogens is 208 g/mol. The molecule has 0 saturated heterocycles. The Labute approximate surface area is 103 Å². The molecule has 2 rings (SSSR count). The first kappa shape index (κ1) is 11.9. The molecule has 1 aromatic heterocycles. The van der Waals surface area contributed by atoms with Gasteiger partial charge < -0.3 is 5.32 Å². The topological polar surface area (TPSA) is 24.9 Å². The van der Waals surface area contributed by atoms with Crippen molar-refractivity contribution in [2.45, 2.75) is 26.7 Å². The number of hydrogen-bond acceptors (Lipinski definition) is 2. The van der Waals surface area contributed by atoms with Crippen LogP contribution in [0.5, 0.6) is 0 Å². The number of fused-ring (bicyclic) bond motifs is 1. The van der Waals surface area contributed by atoms with Gasteiger partial charge in [0.15, 0.2) is 0 Å². The Morgan fingerprint density at radius 1 is 1.29 bits per heavy atom. The molecule has 2 heteroatoms. The van der Waals surface area contributed by atoms with Gasteiger partial charge in [0, 0.05) is 11.9 Å². The lowest BCUT2D eigenvalue weighted by molar-refractivity contribution is 0.551. The zero-order valence-corrected chi connectivity index (χ0v) is 10.6. The van der Waals surface area contributed by atoms with Crippen LogP contribution in [0.4, 0.5) is 5.69 Å². The fourth-order valence-corrected chi connectivity index (χ4v) is 2.05. The van der Waals surface area contributed by atoms with Crippen molar-refractivity contribution in [1.82, 2.24) is 4.98 Å². The summed E-state index contributed by atoms with van der Waals surface area (Å²) in [6, 6.07) is 10.4. The van der Waals surface area contributed by atoms with Crippen molar-refractivity contribution < 1.29 is 0 Å². The standard InChI is InChI=1S/C15H20N2/c1-3-6-12(2)10-16-14-9-13-7-4-5-8-15(13)17-11-14/h4-5,7-9,11-12,16H,3,6,10H2,1-2H3. The summed E-state index contributed by atoms with van der Waals surface area (Å²) < 4.78 is 0. The van der Waals surface area contributed by atoms with Crippen LogP contribution in [-0.2, 0) is 0 Å². The van der Waals surface area contributed by atoms with Gasteiger partial charge in [-0.2, -0.15) is 0 Å². The second kappa shape index (κ2) is 5.67. The number of rotatable bonds is 5. The highest BCUT2D eigenvalue weighted by molar-refractivity contribution is 5.81. The number of anilines is 1. The Balaban J connectivity index is 2.04. The molecule has 1 atom stereocenters. The van der Waals surface area contributed by atoms with Gasteiger partial charge >= 0.3 is 0 Å². The molecule has 0 aliphatic carbocycles. The molecule has 0 aliphatic heterocycles. The van der Waals surface area contributed by atoms with Crippen molar-refractivity contribution in [2.24, 2.45) is 5.92 Å². The lowest BCUT2D eigenvalue weighted by atomic mass is 10.1.